The highest BCUT2D eigenvalue weighted by atomic mass is 16.5. The Kier molecular flexibility index (Phi) is 8.43. The third-order valence-corrected chi connectivity index (χ3v) is 7.30. The molecule has 2 aromatic carbocycles. The molecule has 0 bridgehead atoms. The van der Waals surface area contributed by atoms with Gasteiger partial charge in [-0.15, -0.1) is 0 Å². The summed E-state index contributed by atoms with van der Waals surface area (Å²) in [5.41, 5.74) is 3.50. The van der Waals surface area contributed by atoms with Crippen LogP contribution >= 0.6 is 0 Å². The van der Waals surface area contributed by atoms with Crippen LogP contribution in [0.1, 0.15) is 24.0 Å². The maximum atomic E-state index is 6.27. The average molecular weight is 504 g/mol. The van der Waals surface area contributed by atoms with Crippen molar-refractivity contribution in [3.8, 4) is 11.6 Å². The first-order valence-electron chi connectivity index (χ1n) is 13.2. The van der Waals surface area contributed by atoms with Crippen LogP contribution in [-0.4, -0.2) is 64.2 Å². The van der Waals surface area contributed by atoms with Crippen LogP contribution in [0.2, 0.25) is 0 Å². The Balaban J connectivity index is 1.44. The molecular weight excluding hydrogens is 466 g/mol. The zero-order valence-electron chi connectivity index (χ0n) is 21.8. The number of ether oxygens (including phenoxy) is 4. The van der Waals surface area contributed by atoms with Gasteiger partial charge in [0.2, 0.25) is 5.88 Å². The van der Waals surface area contributed by atoms with Gasteiger partial charge in [0, 0.05) is 44.6 Å². The maximum Gasteiger partial charge on any atom is 0.217 e. The molecule has 0 N–H and O–H groups in total. The monoisotopic (exact) mass is 503 g/mol. The predicted octanol–water partition coefficient (Wildman–Crippen LogP) is 4.73. The van der Waals surface area contributed by atoms with Crippen molar-refractivity contribution in [3.63, 3.8) is 0 Å². The normalized spacial score (nSPS) is 20.1. The van der Waals surface area contributed by atoms with Crippen molar-refractivity contribution < 1.29 is 18.9 Å². The average Bonchev–Trinajstić information content (AvgIpc) is 2.97. The summed E-state index contributed by atoms with van der Waals surface area (Å²) in [6.07, 6.45) is 3.17. The quantitative estimate of drug-likeness (QED) is 0.418. The van der Waals surface area contributed by atoms with E-state index in [1.807, 2.05) is 31.4 Å². The number of rotatable bonds is 9. The van der Waals surface area contributed by atoms with Crippen molar-refractivity contribution in [2.75, 3.05) is 56.9 Å². The minimum Gasteiger partial charge on any atom is -0.497 e. The fourth-order valence-corrected chi connectivity index (χ4v) is 5.26. The third-order valence-electron chi connectivity index (χ3n) is 7.30. The first kappa shape index (κ1) is 25.4. The van der Waals surface area contributed by atoms with Gasteiger partial charge in [0.25, 0.3) is 0 Å². The largest absolute Gasteiger partial charge is 0.497 e. The number of hydrogen-bond donors (Lipinski definition) is 0. The van der Waals surface area contributed by atoms with E-state index in [4.69, 9.17) is 23.9 Å². The lowest BCUT2D eigenvalue weighted by molar-refractivity contribution is 0.0573. The summed E-state index contributed by atoms with van der Waals surface area (Å²) in [6.45, 7) is 4.55. The molecule has 0 unspecified atom stereocenters. The number of hydrogen-bond acceptors (Lipinski definition) is 7. The number of benzene rings is 2. The standard InChI is InChI=1S/C30H37N3O4/c1-34-26-12-10-24(11-13-26)22-37-30-21-25(32-15-17-36-18-16-32)20-29(31-30)33-14-6-9-28(35-2)27(33)19-23-7-4-3-5-8-23/h3-5,7-8,10-13,20-21,27-28H,6,9,14-19,22H2,1-2H3/t27-,28-/m1/s1. The zero-order valence-corrected chi connectivity index (χ0v) is 21.8. The summed E-state index contributed by atoms with van der Waals surface area (Å²) in [4.78, 5) is 9.81. The van der Waals surface area contributed by atoms with Crippen LogP contribution < -0.4 is 19.3 Å². The van der Waals surface area contributed by atoms with Gasteiger partial charge in [0.1, 0.15) is 18.2 Å². The Morgan fingerprint density at radius 2 is 1.70 bits per heavy atom. The summed E-state index contributed by atoms with van der Waals surface area (Å²) in [7, 11) is 3.50. The van der Waals surface area contributed by atoms with Crippen molar-refractivity contribution in [2.45, 2.75) is 38.0 Å². The molecule has 0 amide bonds. The number of nitrogens with zero attached hydrogens (tertiary/aromatic N) is 3. The molecule has 3 heterocycles. The highest BCUT2D eigenvalue weighted by Gasteiger charge is 2.33. The lowest BCUT2D eigenvalue weighted by atomic mass is 9.92. The van der Waals surface area contributed by atoms with Gasteiger partial charge >= 0.3 is 0 Å². The van der Waals surface area contributed by atoms with Crippen LogP contribution in [0.5, 0.6) is 11.6 Å². The molecular formula is C30H37N3O4. The smallest absolute Gasteiger partial charge is 0.217 e. The molecule has 2 aliphatic rings. The SMILES string of the molecule is COc1ccc(COc2cc(N3CCOCC3)cc(N3CCC[C@@H](OC)[C@H]3Cc3ccccc3)n2)cc1. The highest BCUT2D eigenvalue weighted by molar-refractivity contribution is 5.59. The Labute approximate surface area is 219 Å². The van der Waals surface area contributed by atoms with Crippen molar-refractivity contribution in [1.29, 1.82) is 0 Å². The van der Waals surface area contributed by atoms with Crippen LogP contribution in [0.25, 0.3) is 0 Å². The van der Waals surface area contributed by atoms with Crippen LogP contribution in [0.15, 0.2) is 66.7 Å². The first-order valence-corrected chi connectivity index (χ1v) is 13.2. The van der Waals surface area contributed by atoms with Crippen LogP contribution in [0.4, 0.5) is 11.5 Å². The van der Waals surface area contributed by atoms with E-state index >= 15 is 0 Å². The Morgan fingerprint density at radius 3 is 2.43 bits per heavy atom. The van der Waals surface area contributed by atoms with Gasteiger partial charge in [0.15, 0.2) is 0 Å². The summed E-state index contributed by atoms with van der Waals surface area (Å²) in [5.74, 6) is 2.41. The lowest BCUT2D eigenvalue weighted by Gasteiger charge is -2.42. The maximum absolute atomic E-state index is 6.27. The van der Waals surface area contributed by atoms with Gasteiger partial charge in [-0.05, 0) is 42.5 Å². The van der Waals surface area contributed by atoms with Crippen molar-refractivity contribution >= 4 is 11.5 Å². The second-order valence-corrected chi connectivity index (χ2v) is 9.62. The number of methoxy groups -OCH3 is 2. The minimum absolute atomic E-state index is 0.145. The fourth-order valence-electron chi connectivity index (χ4n) is 5.26. The molecule has 7 nitrogen and oxygen atoms in total. The molecule has 2 saturated heterocycles. The summed E-state index contributed by atoms with van der Waals surface area (Å²) in [5, 5.41) is 0. The number of morpholine rings is 1. The fraction of sp³-hybridized carbons (Fsp3) is 0.433. The first-order chi connectivity index (χ1) is 18.2. The molecule has 2 fully saturated rings. The summed E-state index contributed by atoms with van der Waals surface area (Å²) >= 11 is 0. The molecule has 0 aliphatic carbocycles. The van der Waals surface area contributed by atoms with Crippen molar-refractivity contribution in [3.05, 3.63) is 77.9 Å². The molecule has 2 aliphatic heterocycles. The van der Waals surface area contributed by atoms with Crippen molar-refractivity contribution in [1.82, 2.24) is 4.98 Å². The van der Waals surface area contributed by atoms with E-state index in [-0.39, 0.29) is 12.1 Å². The topological polar surface area (TPSA) is 56.3 Å². The molecule has 196 valence electrons. The van der Waals surface area contributed by atoms with Crippen LogP contribution in [0.3, 0.4) is 0 Å². The van der Waals surface area contributed by atoms with E-state index < -0.39 is 0 Å². The second kappa shape index (κ2) is 12.3. The van der Waals surface area contributed by atoms with Gasteiger partial charge in [-0.3, -0.25) is 0 Å². The zero-order chi connectivity index (χ0) is 25.5. The summed E-state index contributed by atoms with van der Waals surface area (Å²) in [6, 6.07) is 23.1. The van der Waals surface area contributed by atoms with E-state index in [1.165, 1.54) is 5.56 Å². The van der Waals surface area contributed by atoms with E-state index in [1.54, 1.807) is 7.11 Å². The van der Waals surface area contributed by atoms with Gasteiger partial charge < -0.3 is 28.7 Å². The van der Waals surface area contributed by atoms with E-state index in [0.29, 0.717) is 12.5 Å². The number of pyridine rings is 1. The van der Waals surface area contributed by atoms with E-state index in [0.717, 1.165) is 74.9 Å². The Hall–Kier alpha value is -3.29. The van der Waals surface area contributed by atoms with Gasteiger partial charge in [0.05, 0.1) is 32.5 Å². The molecule has 0 spiro atoms. The third kappa shape index (κ3) is 6.35. The molecule has 3 aromatic rings. The predicted molar refractivity (Wildman–Crippen MR) is 146 cm³/mol. The molecule has 0 radical (unpaired) electrons. The number of aromatic nitrogens is 1. The van der Waals surface area contributed by atoms with Gasteiger partial charge in [-0.25, -0.2) is 0 Å². The van der Waals surface area contributed by atoms with Crippen molar-refractivity contribution in [2.24, 2.45) is 0 Å². The second-order valence-electron chi connectivity index (χ2n) is 9.62. The molecule has 1 aromatic heterocycles. The van der Waals surface area contributed by atoms with Gasteiger partial charge in [-0.2, -0.15) is 4.98 Å². The van der Waals surface area contributed by atoms with Crippen LogP contribution in [-0.2, 0) is 22.5 Å². The minimum atomic E-state index is 0.145. The number of piperidine rings is 1. The molecule has 0 saturated carbocycles. The Morgan fingerprint density at radius 1 is 0.919 bits per heavy atom. The van der Waals surface area contributed by atoms with Gasteiger partial charge in [-0.1, -0.05) is 42.5 Å². The molecule has 7 heteroatoms. The van der Waals surface area contributed by atoms with Crippen LogP contribution in [0, 0.1) is 0 Å². The van der Waals surface area contributed by atoms with E-state index in [9.17, 15) is 0 Å². The number of anilines is 2. The summed E-state index contributed by atoms with van der Waals surface area (Å²) < 4.78 is 23.2. The molecule has 2 atom stereocenters. The Bertz CT molecular complexity index is 1120. The lowest BCUT2D eigenvalue weighted by Crippen LogP contribution is -2.50. The highest BCUT2D eigenvalue weighted by Crippen LogP contribution is 2.33. The van der Waals surface area contributed by atoms with E-state index in [2.05, 4.69) is 52.3 Å². The molecule has 37 heavy (non-hydrogen) atoms. The molecule has 5 rings (SSSR count).